The lowest BCUT2D eigenvalue weighted by Crippen LogP contribution is -2.58. The maximum absolute atomic E-state index is 12.2. The number of halogens is 1. The van der Waals surface area contributed by atoms with Crippen molar-refractivity contribution in [1.29, 1.82) is 0 Å². The van der Waals surface area contributed by atoms with Crippen molar-refractivity contribution < 1.29 is 14.4 Å². The highest BCUT2D eigenvalue weighted by atomic mass is 35.5. The van der Waals surface area contributed by atoms with E-state index in [-0.39, 0.29) is 12.1 Å². The fourth-order valence-electron chi connectivity index (χ4n) is 1.75. The molecule has 94 valence electrons. The molecule has 0 bridgehead atoms. The molecule has 5 nitrogen and oxygen atoms in total. The SMILES string of the molecule is CC1C(=O)NC(=O)CN1C(=O)c1ccccc1Cl. The van der Waals surface area contributed by atoms with Crippen LogP contribution in [0.2, 0.25) is 5.02 Å². The summed E-state index contributed by atoms with van der Waals surface area (Å²) in [6.07, 6.45) is 0. The Hall–Kier alpha value is -1.88. The standard InChI is InChI=1S/C12H11ClN2O3/c1-7-11(17)14-10(16)6-15(7)12(18)8-4-2-3-5-9(8)13/h2-5,7H,6H2,1H3,(H,14,16,17). The molecule has 3 amide bonds. The lowest BCUT2D eigenvalue weighted by atomic mass is 10.1. The van der Waals surface area contributed by atoms with Crippen LogP contribution in [0.4, 0.5) is 0 Å². The Labute approximate surface area is 109 Å². The van der Waals surface area contributed by atoms with E-state index in [9.17, 15) is 14.4 Å². The molecule has 18 heavy (non-hydrogen) atoms. The van der Waals surface area contributed by atoms with Crippen molar-refractivity contribution in [2.24, 2.45) is 0 Å². The van der Waals surface area contributed by atoms with Crippen LogP contribution < -0.4 is 5.32 Å². The monoisotopic (exact) mass is 266 g/mol. The molecule has 1 aliphatic rings. The summed E-state index contributed by atoms with van der Waals surface area (Å²) in [6.45, 7) is 1.42. The molecule has 0 aromatic heterocycles. The Bertz CT molecular complexity index is 530. The normalized spacial score (nSPS) is 19.7. The zero-order valence-electron chi connectivity index (χ0n) is 9.64. The fraction of sp³-hybridized carbons (Fsp3) is 0.250. The van der Waals surface area contributed by atoms with E-state index in [1.807, 2.05) is 0 Å². The molecule has 2 rings (SSSR count). The molecule has 1 heterocycles. The summed E-state index contributed by atoms with van der Waals surface area (Å²) in [4.78, 5) is 36.2. The third kappa shape index (κ3) is 2.22. The smallest absolute Gasteiger partial charge is 0.256 e. The van der Waals surface area contributed by atoms with Gasteiger partial charge in [-0.1, -0.05) is 23.7 Å². The van der Waals surface area contributed by atoms with Crippen LogP contribution in [0.5, 0.6) is 0 Å². The molecule has 6 heteroatoms. The van der Waals surface area contributed by atoms with Crippen molar-refractivity contribution >= 4 is 29.3 Å². The minimum absolute atomic E-state index is 0.142. The number of hydrogen-bond acceptors (Lipinski definition) is 3. The number of nitrogens with zero attached hydrogens (tertiary/aromatic N) is 1. The summed E-state index contributed by atoms with van der Waals surface area (Å²) >= 11 is 5.93. The highest BCUT2D eigenvalue weighted by Crippen LogP contribution is 2.19. The largest absolute Gasteiger partial charge is 0.318 e. The third-order valence-electron chi connectivity index (χ3n) is 2.79. The Kier molecular flexibility index (Phi) is 3.34. The molecule has 1 unspecified atom stereocenters. The summed E-state index contributed by atoms with van der Waals surface area (Å²) in [5.74, 6) is -1.39. The molecule has 1 atom stereocenters. The number of nitrogens with one attached hydrogen (secondary N) is 1. The number of benzene rings is 1. The van der Waals surface area contributed by atoms with E-state index in [4.69, 9.17) is 11.6 Å². The molecule has 0 aliphatic carbocycles. The van der Waals surface area contributed by atoms with Crippen molar-refractivity contribution in [3.63, 3.8) is 0 Å². The average molecular weight is 267 g/mol. The van der Waals surface area contributed by atoms with Crippen LogP contribution in [-0.2, 0) is 9.59 Å². The van der Waals surface area contributed by atoms with E-state index < -0.39 is 23.8 Å². The molecular formula is C12H11ClN2O3. The van der Waals surface area contributed by atoms with Gasteiger partial charge in [0.1, 0.15) is 12.6 Å². The second kappa shape index (κ2) is 4.78. The number of carbonyl (C=O) groups is 3. The summed E-state index contributed by atoms with van der Waals surface area (Å²) < 4.78 is 0. The van der Waals surface area contributed by atoms with E-state index in [1.54, 1.807) is 31.2 Å². The first-order valence-electron chi connectivity index (χ1n) is 5.40. The summed E-state index contributed by atoms with van der Waals surface area (Å²) in [5.41, 5.74) is 0.286. The molecule has 1 aromatic carbocycles. The molecule has 1 fully saturated rings. The van der Waals surface area contributed by atoms with E-state index >= 15 is 0 Å². The number of amides is 3. The quantitative estimate of drug-likeness (QED) is 0.766. The van der Waals surface area contributed by atoms with Gasteiger partial charge in [-0.25, -0.2) is 0 Å². The second-order valence-electron chi connectivity index (χ2n) is 4.00. The molecule has 1 saturated heterocycles. The number of imide groups is 1. The summed E-state index contributed by atoms with van der Waals surface area (Å²) in [5, 5.41) is 2.47. The van der Waals surface area contributed by atoms with E-state index in [0.717, 1.165) is 0 Å². The van der Waals surface area contributed by atoms with E-state index in [2.05, 4.69) is 5.32 Å². The first-order valence-corrected chi connectivity index (χ1v) is 5.77. The lowest BCUT2D eigenvalue weighted by Gasteiger charge is -2.31. The Morgan fingerprint density at radius 3 is 2.72 bits per heavy atom. The van der Waals surface area contributed by atoms with Crippen LogP contribution in [0.1, 0.15) is 17.3 Å². The molecule has 1 aliphatic heterocycles. The number of hydrogen-bond donors (Lipinski definition) is 1. The molecule has 1 aromatic rings. The minimum atomic E-state index is -0.688. The van der Waals surface area contributed by atoms with Gasteiger partial charge < -0.3 is 4.90 Å². The van der Waals surface area contributed by atoms with Crippen LogP contribution in [0.15, 0.2) is 24.3 Å². The average Bonchev–Trinajstić information content (AvgIpc) is 2.33. The van der Waals surface area contributed by atoms with Gasteiger partial charge in [-0.05, 0) is 19.1 Å². The lowest BCUT2D eigenvalue weighted by molar-refractivity contribution is -0.138. The Balaban J connectivity index is 2.31. The van der Waals surface area contributed by atoms with Crippen LogP contribution in [-0.4, -0.2) is 35.2 Å². The van der Waals surface area contributed by atoms with Gasteiger partial charge in [0.25, 0.3) is 5.91 Å². The first kappa shape index (κ1) is 12.6. The van der Waals surface area contributed by atoms with Crippen molar-refractivity contribution in [3.05, 3.63) is 34.9 Å². The van der Waals surface area contributed by atoms with E-state index in [0.29, 0.717) is 5.02 Å². The second-order valence-corrected chi connectivity index (χ2v) is 4.41. The van der Waals surface area contributed by atoms with Crippen molar-refractivity contribution in [2.75, 3.05) is 6.54 Å². The van der Waals surface area contributed by atoms with Gasteiger partial charge in [0.05, 0.1) is 10.6 Å². The Morgan fingerprint density at radius 2 is 2.06 bits per heavy atom. The topological polar surface area (TPSA) is 66.5 Å². The third-order valence-corrected chi connectivity index (χ3v) is 3.12. The molecule has 0 saturated carbocycles. The van der Waals surface area contributed by atoms with Crippen LogP contribution in [0.25, 0.3) is 0 Å². The molecule has 0 spiro atoms. The first-order chi connectivity index (χ1) is 8.50. The molecule has 1 N–H and O–H groups in total. The van der Waals surface area contributed by atoms with Crippen molar-refractivity contribution in [3.8, 4) is 0 Å². The predicted molar refractivity (Wildman–Crippen MR) is 65.1 cm³/mol. The molecular weight excluding hydrogens is 256 g/mol. The highest BCUT2D eigenvalue weighted by Gasteiger charge is 2.34. The van der Waals surface area contributed by atoms with Gasteiger partial charge in [0.2, 0.25) is 11.8 Å². The van der Waals surface area contributed by atoms with Gasteiger partial charge in [0, 0.05) is 0 Å². The molecule has 0 radical (unpaired) electrons. The van der Waals surface area contributed by atoms with Crippen molar-refractivity contribution in [2.45, 2.75) is 13.0 Å². The van der Waals surface area contributed by atoms with Crippen LogP contribution >= 0.6 is 11.6 Å². The van der Waals surface area contributed by atoms with Gasteiger partial charge in [-0.3, -0.25) is 19.7 Å². The maximum atomic E-state index is 12.2. The number of carbonyl (C=O) groups excluding carboxylic acids is 3. The summed E-state index contributed by atoms with van der Waals surface area (Å²) in [6, 6.07) is 5.85. The number of rotatable bonds is 1. The van der Waals surface area contributed by atoms with Crippen LogP contribution in [0, 0.1) is 0 Å². The zero-order valence-corrected chi connectivity index (χ0v) is 10.4. The van der Waals surface area contributed by atoms with Gasteiger partial charge in [-0.15, -0.1) is 0 Å². The summed E-state index contributed by atoms with van der Waals surface area (Å²) in [7, 11) is 0. The maximum Gasteiger partial charge on any atom is 0.256 e. The zero-order chi connectivity index (χ0) is 13.3. The minimum Gasteiger partial charge on any atom is -0.318 e. The van der Waals surface area contributed by atoms with Gasteiger partial charge in [0.15, 0.2) is 0 Å². The Morgan fingerprint density at radius 1 is 1.39 bits per heavy atom. The van der Waals surface area contributed by atoms with Crippen molar-refractivity contribution in [1.82, 2.24) is 10.2 Å². The van der Waals surface area contributed by atoms with Gasteiger partial charge >= 0.3 is 0 Å². The number of piperazine rings is 1. The highest BCUT2D eigenvalue weighted by molar-refractivity contribution is 6.34. The van der Waals surface area contributed by atoms with E-state index in [1.165, 1.54) is 4.90 Å². The predicted octanol–water partition coefficient (Wildman–Crippen LogP) is 0.827. The van der Waals surface area contributed by atoms with Gasteiger partial charge in [-0.2, -0.15) is 0 Å². The fourth-order valence-corrected chi connectivity index (χ4v) is 1.97. The van der Waals surface area contributed by atoms with Crippen LogP contribution in [0.3, 0.4) is 0 Å².